The standard InChI is InChI=1S/C15H24N2O8S/c1-4-9(2)23-8-10-6-17(15(20)16-14(10)19)13-5-11(12(7-18)24-13)25-26(3,21)22/h6,9,11-13,18H,4-5,7-8H2,1-3H3,(H,16,19,20)/t9?,11-,12+,13-/m0/s1. The van der Waals surface area contributed by atoms with Crippen molar-refractivity contribution in [2.45, 2.75) is 57.8 Å². The minimum absolute atomic E-state index is 0.0179. The van der Waals surface area contributed by atoms with E-state index in [0.29, 0.717) is 0 Å². The van der Waals surface area contributed by atoms with Crippen LogP contribution < -0.4 is 11.2 Å². The van der Waals surface area contributed by atoms with Crippen LogP contribution in [0.5, 0.6) is 0 Å². The molecule has 2 heterocycles. The Bertz CT molecular complexity index is 831. The lowest BCUT2D eigenvalue weighted by Gasteiger charge is -2.16. The molecule has 1 aromatic heterocycles. The molecule has 0 bridgehead atoms. The first-order chi connectivity index (χ1) is 12.1. The number of nitrogens with one attached hydrogen (secondary N) is 1. The lowest BCUT2D eigenvalue weighted by Crippen LogP contribution is -2.34. The fraction of sp³-hybridized carbons (Fsp3) is 0.733. The van der Waals surface area contributed by atoms with Gasteiger partial charge < -0.3 is 14.6 Å². The van der Waals surface area contributed by atoms with Gasteiger partial charge in [-0.2, -0.15) is 8.42 Å². The van der Waals surface area contributed by atoms with Crippen LogP contribution in [-0.4, -0.2) is 54.2 Å². The van der Waals surface area contributed by atoms with Crippen LogP contribution in [-0.2, 0) is 30.4 Å². The van der Waals surface area contributed by atoms with E-state index in [1.165, 1.54) is 6.20 Å². The molecule has 2 rings (SSSR count). The number of rotatable bonds is 8. The first kappa shape index (κ1) is 20.8. The average molecular weight is 392 g/mol. The van der Waals surface area contributed by atoms with Crippen LogP contribution >= 0.6 is 0 Å². The van der Waals surface area contributed by atoms with E-state index in [2.05, 4.69) is 4.98 Å². The number of hydrogen-bond acceptors (Lipinski definition) is 8. The first-order valence-electron chi connectivity index (χ1n) is 8.25. The largest absolute Gasteiger partial charge is 0.394 e. The van der Waals surface area contributed by atoms with E-state index in [1.807, 2.05) is 13.8 Å². The summed E-state index contributed by atoms with van der Waals surface area (Å²) < 4.78 is 39.8. The summed E-state index contributed by atoms with van der Waals surface area (Å²) in [7, 11) is -3.76. The van der Waals surface area contributed by atoms with Gasteiger partial charge >= 0.3 is 5.69 Å². The molecule has 0 aliphatic carbocycles. The Morgan fingerprint density at radius 1 is 1.46 bits per heavy atom. The zero-order chi connectivity index (χ0) is 19.5. The second kappa shape index (κ2) is 8.44. The lowest BCUT2D eigenvalue weighted by molar-refractivity contribution is -0.0416. The predicted octanol–water partition coefficient (Wildman–Crippen LogP) is -0.524. The third-order valence-corrected chi connectivity index (χ3v) is 4.71. The van der Waals surface area contributed by atoms with Gasteiger partial charge in [0.15, 0.2) is 0 Å². The Morgan fingerprint density at radius 2 is 2.15 bits per heavy atom. The van der Waals surface area contributed by atoms with Crippen molar-refractivity contribution in [3.05, 3.63) is 32.6 Å². The second-order valence-electron chi connectivity index (χ2n) is 6.24. The van der Waals surface area contributed by atoms with E-state index < -0.39 is 46.4 Å². The fourth-order valence-electron chi connectivity index (χ4n) is 2.55. The summed E-state index contributed by atoms with van der Waals surface area (Å²) in [5, 5.41) is 9.37. The highest BCUT2D eigenvalue weighted by molar-refractivity contribution is 7.86. The molecular weight excluding hydrogens is 368 g/mol. The molecule has 1 saturated heterocycles. The highest BCUT2D eigenvalue weighted by atomic mass is 32.2. The van der Waals surface area contributed by atoms with Crippen molar-refractivity contribution in [1.29, 1.82) is 0 Å². The molecule has 4 atom stereocenters. The fourth-order valence-corrected chi connectivity index (χ4v) is 3.21. The molecule has 1 aromatic rings. The van der Waals surface area contributed by atoms with Crippen LogP contribution in [0.4, 0.5) is 0 Å². The number of hydrogen-bond donors (Lipinski definition) is 2. The zero-order valence-corrected chi connectivity index (χ0v) is 15.7. The van der Waals surface area contributed by atoms with Crippen molar-refractivity contribution in [2.24, 2.45) is 0 Å². The number of nitrogens with zero attached hydrogens (tertiary/aromatic N) is 1. The highest BCUT2D eigenvalue weighted by Gasteiger charge is 2.39. The van der Waals surface area contributed by atoms with Gasteiger partial charge in [-0.1, -0.05) is 6.92 Å². The van der Waals surface area contributed by atoms with Crippen molar-refractivity contribution >= 4 is 10.1 Å². The van der Waals surface area contributed by atoms with E-state index in [-0.39, 0.29) is 24.7 Å². The van der Waals surface area contributed by atoms with Crippen LogP contribution in [0.15, 0.2) is 15.8 Å². The number of ether oxygens (including phenoxy) is 2. The number of H-pyrrole nitrogens is 1. The van der Waals surface area contributed by atoms with Gasteiger partial charge in [-0.25, -0.2) is 4.79 Å². The van der Waals surface area contributed by atoms with Gasteiger partial charge in [0.2, 0.25) is 0 Å². The summed E-state index contributed by atoms with van der Waals surface area (Å²) in [6, 6.07) is 0. The quantitative estimate of drug-likeness (QED) is 0.564. The van der Waals surface area contributed by atoms with E-state index in [1.54, 1.807) is 0 Å². The molecule has 0 amide bonds. The highest BCUT2D eigenvalue weighted by Crippen LogP contribution is 2.30. The first-order valence-corrected chi connectivity index (χ1v) is 10.1. The Kier molecular flexibility index (Phi) is 6.74. The molecular formula is C15H24N2O8S. The minimum Gasteiger partial charge on any atom is -0.394 e. The molecule has 1 unspecified atom stereocenters. The molecule has 1 aliphatic rings. The third kappa shape index (κ3) is 5.24. The van der Waals surface area contributed by atoms with Crippen LogP contribution in [0.3, 0.4) is 0 Å². The molecule has 2 N–H and O–H groups in total. The van der Waals surface area contributed by atoms with Gasteiger partial charge in [0.05, 0.1) is 31.1 Å². The topological polar surface area (TPSA) is 137 Å². The Morgan fingerprint density at radius 3 is 2.73 bits per heavy atom. The Balaban J connectivity index is 2.25. The summed E-state index contributed by atoms with van der Waals surface area (Å²) in [5.74, 6) is 0. The zero-order valence-electron chi connectivity index (χ0n) is 14.9. The van der Waals surface area contributed by atoms with E-state index in [4.69, 9.17) is 13.7 Å². The summed E-state index contributed by atoms with van der Waals surface area (Å²) in [4.78, 5) is 26.3. The van der Waals surface area contributed by atoms with Gasteiger partial charge in [0, 0.05) is 12.6 Å². The number of aromatic amines is 1. The van der Waals surface area contributed by atoms with Gasteiger partial charge in [-0.15, -0.1) is 0 Å². The summed E-state index contributed by atoms with van der Waals surface area (Å²) >= 11 is 0. The molecule has 0 aromatic carbocycles. The number of aromatic nitrogens is 2. The molecule has 10 nitrogen and oxygen atoms in total. The van der Waals surface area contributed by atoms with Crippen molar-refractivity contribution in [3.8, 4) is 0 Å². The summed E-state index contributed by atoms with van der Waals surface area (Å²) in [5.41, 5.74) is -1.03. The monoisotopic (exact) mass is 392 g/mol. The maximum absolute atomic E-state index is 12.1. The van der Waals surface area contributed by atoms with Gasteiger partial charge in [0.25, 0.3) is 15.7 Å². The van der Waals surface area contributed by atoms with Crippen LogP contribution in [0.2, 0.25) is 0 Å². The van der Waals surface area contributed by atoms with Crippen molar-refractivity contribution in [2.75, 3.05) is 12.9 Å². The van der Waals surface area contributed by atoms with Crippen LogP contribution in [0, 0.1) is 0 Å². The summed E-state index contributed by atoms with van der Waals surface area (Å²) in [6.07, 6.45) is 0.236. The molecule has 1 fully saturated rings. The van der Waals surface area contributed by atoms with Crippen LogP contribution in [0.25, 0.3) is 0 Å². The maximum Gasteiger partial charge on any atom is 0.330 e. The normalized spacial score (nSPS) is 24.7. The molecule has 11 heteroatoms. The molecule has 0 spiro atoms. The average Bonchev–Trinajstić information content (AvgIpc) is 2.94. The predicted molar refractivity (Wildman–Crippen MR) is 91.2 cm³/mol. The molecule has 1 aliphatic heterocycles. The van der Waals surface area contributed by atoms with Crippen molar-refractivity contribution < 1.29 is 27.2 Å². The van der Waals surface area contributed by atoms with Crippen molar-refractivity contribution in [1.82, 2.24) is 9.55 Å². The van der Waals surface area contributed by atoms with Gasteiger partial charge in [0.1, 0.15) is 18.4 Å². The molecule has 26 heavy (non-hydrogen) atoms. The molecule has 0 saturated carbocycles. The third-order valence-electron chi connectivity index (χ3n) is 4.11. The Hall–Kier alpha value is -1.53. The van der Waals surface area contributed by atoms with Crippen molar-refractivity contribution in [3.63, 3.8) is 0 Å². The Labute approximate surface area is 150 Å². The molecule has 148 valence electrons. The smallest absolute Gasteiger partial charge is 0.330 e. The maximum atomic E-state index is 12.1. The van der Waals surface area contributed by atoms with Crippen LogP contribution in [0.1, 0.15) is 38.5 Å². The van der Waals surface area contributed by atoms with E-state index in [9.17, 15) is 23.1 Å². The molecule has 0 radical (unpaired) electrons. The second-order valence-corrected chi connectivity index (χ2v) is 7.84. The van der Waals surface area contributed by atoms with E-state index in [0.717, 1.165) is 17.2 Å². The SMILES string of the molecule is CCC(C)OCc1cn([C@@H]2C[C@H](OS(C)(=O)=O)[C@@H](CO)O2)c(=O)[nH]c1=O. The number of aliphatic hydroxyl groups excluding tert-OH is 1. The van der Waals surface area contributed by atoms with Gasteiger partial charge in [-0.05, 0) is 13.3 Å². The minimum atomic E-state index is -3.76. The lowest BCUT2D eigenvalue weighted by atomic mass is 10.2. The number of aliphatic hydroxyl groups is 1. The van der Waals surface area contributed by atoms with E-state index >= 15 is 0 Å². The summed E-state index contributed by atoms with van der Waals surface area (Å²) in [6.45, 7) is 3.35. The van der Waals surface area contributed by atoms with Gasteiger partial charge in [-0.3, -0.25) is 18.5 Å².